The summed E-state index contributed by atoms with van der Waals surface area (Å²) in [7, 11) is 3.33. The maximum absolute atomic E-state index is 15.7. The number of amides is 1. The Kier molecular flexibility index (Phi) is 9.81. The molecule has 0 radical (unpaired) electrons. The van der Waals surface area contributed by atoms with Crippen LogP contribution in [0.4, 0.5) is 32.0 Å². The monoisotopic (exact) mass is 673 g/mol. The van der Waals surface area contributed by atoms with Gasteiger partial charge in [0.2, 0.25) is 11.7 Å². The molecule has 4 unspecified atom stereocenters. The first-order valence-electron chi connectivity index (χ1n) is 14.6. The molecule has 250 valence electrons. The molecule has 0 spiro atoms. The zero-order valence-corrected chi connectivity index (χ0v) is 26.2. The van der Waals surface area contributed by atoms with E-state index in [0.29, 0.717) is 28.6 Å². The average Bonchev–Trinajstić information content (AvgIpc) is 3.70. The number of aromatic nitrogens is 4. The lowest BCUT2D eigenvalue weighted by atomic mass is 9.87. The third-order valence-electron chi connectivity index (χ3n) is 8.11. The van der Waals surface area contributed by atoms with E-state index in [1.165, 1.54) is 13.2 Å². The third-order valence-corrected chi connectivity index (χ3v) is 9.39. The highest BCUT2D eigenvalue weighted by Gasteiger charge is 2.40. The van der Waals surface area contributed by atoms with Crippen LogP contribution in [0.25, 0.3) is 20.8 Å². The van der Waals surface area contributed by atoms with Gasteiger partial charge in [-0.2, -0.15) is 26.9 Å². The Labute approximate surface area is 264 Å². The maximum atomic E-state index is 15.7. The summed E-state index contributed by atoms with van der Waals surface area (Å²) in [5.41, 5.74) is 0.179. The average molecular weight is 674 g/mol. The molecule has 0 bridgehead atoms. The molecule has 3 aromatic heterocycles. The number of benzene rings is 1. The fourth-order valence-corrected chi connectivity index (χ4v) is 7.19. The number of rotatable bonds is 11. The van der Waals surface area contributed by atoms with Crippen LogP contribution < -0.4 is 15.4 Å². The van der Waals surface area contributed by atoms with E-state index >= 15 is 4.39 Å². The zero-order valence-electron chi connectivity index (χ0n) is 25.4. The number of nitrogens with zero attached hydrogens (tertiary/aromatic N) is 5. The van der Waals surface area contributed by atoms with Crippen molar-refractivity contribution in [1.82, 2.24) is 30.1 Å². The van der Waals surface area contributed by atoms with Crippen molar-refractivity contribution in [2.75, 3.05) is 12.4 Å². The van der Waals surface area contributed by atoms with Gasteiger partial charge in [-0.25, -0.2) is 4.39 Å². The van der Waals surface area contributed by atoms with Crippen LogP contribution in [0, 0.1) is 0 Å². The number of likely N-dealkylation sites (tertiary alicyclic amines) is 1. The molecule has 1 amide bonds. The number of ether oxygens (including phenoxy) is 1. The molecule has 1 aliphatic rings. The number of hydrogen-bond acceptors (Lipinski definition) is 9. The van der Waals surface area contributed by atoms with Crippen LogP contribution in [0.2, 0.25) is 0 Å². The minimum absolute atomic E-state index is 0.0604. The molecule has 0 saturated carbocycles. The lowest BCUT2D eigenvalue weighted by molar-refractivity contribution is -0.126. The largest absolute Gasteiger partial charge is 0.414 e. The summed E-state index contributed by atoms with van der Waals surface area (Å²) in [4.78, 5) is 19.0. The Balaban J connectivity index is 1.42. The van der Waals surface area contributed by atoms with Crippen LogP contribution in [0.1, 0.15) is 54.9 Å². The second-order valence-electron chi connectivity index (χ2n) is 11.1. The molecular formula is C29H33F6N7O3S. The van der Waals surface area contributed by atoms with E-state index in [1.807, 2.05) is 20.9 Å². The van der Waals surface area contributed by atoms with E-state index in [0.717, 1.165) is 22.4 Å². The minimum atomic E-state index is -4.56. The molecule has 17 heteroatoms. The van der Waals surface area contributed by atoms with Crippen molar-refractivity contribution in [3.8, 4) is 16.6 Å². The van der Waals surface area contributed by atoms with Crippen LogP contribution in [0.15, 0.2) is 28.9 Å². The van der Waals surface area contributed by atoms with Crippen molar-refractivity contribution in [1.29, 1.82) is 0 Å². The lowest BCUT2D eigenvalue weighted by Gasteiger charge is -2.45. The highest BCUT2D eigenvalue weighted by molar-refractivity contribution is 7.23. The van der Waals surface area contributed by atoms with Crippen molar-refractivity contribution < 1.29 is 40.4 Å². The second-order valence-corrected chi connectivity index (χ2v) is 12.1. The first-order chi connectivity index (χ1) is 21.8. The molecule has 1 aromatic carbocycles. The van der Waals surface area contributed by atoms with Gasteiger partial charge in [0, 0.05) is 25.3 Å². The van der Waals surface area contributed by atoms with E-state index < -0.39 is 43.2 Å². The summed E-state index contributed by atoms with van der Waals surface area (Å²) in [5, 5.41) is 13.6. The molecule has 1 saturated heterocycles. The fraction of sp³-hybridized carbons (Fsp3) is 0.517. The Hall–Kier alpha value is -3.86. The van der Waals surface area contributed by atoms with Gasteiger partial charge in [0.15, 0.2) is 0 Å². The molecule has 10 nitrogen and oxygen atoms in total. The van der Waals surface area contributed by atoms with E-state index in [-0.39, 0.29) is 46.3 Å². The molecule has 4 aromatic rings. The summed E-state index contributed by atoms with van der Waals surface area (Å²) < 4.78 is 93.7. The number of alkyl halides is 6. The van der Waals surface area contributed by atoms with Gasteiger partial charge in [0.25, 0.3) is 11.8 Å². The maximum Gasteiger partial charge on any atom is 0.393 e. The first kappa shape index (κ1) is 33.5. The third kappa shape index (κ3) is 7.09. The summed E-state index contributed by atoms with van der Waals surface area (Å²) >= 11 is 1.03. The van der Waals surface area contributed by atoms with Crippen molar-refractivity contribution in [2.45, 2.75) is 83.2 Å². The molecule has 1 fully saturated rings. The number of fused-ring (bicyclic) bond motifs is 1. The molecule has 4 atom stereocenters. The number of carbonyl (C=O) groups excluding carboxylic acids is 1. The highest BCUT2D eigenvalue weighted by atomic mass is 32.1. The number of halogens is 6. The predicted molar refractivity (Wildman–Crippen MR) is 159 cm³/mol. The van der Waals surface area contributed by atoms with E-state index in [2.05, 4.69) is 35.5 Å². The predicted octanol–water partition coefficient (Wildman–Crippen LogP) is 6.33. The summed E-state index contributed by atoms with van der Waals surface area (Å²) in [6.07, 6.45) is -3.87. The number of anilines is 1. The molecular weight excluding hydrogens is 640 g/mol. The topological polar surface area (TPSA) is 110 Å². The van der Waals surface area contributed by atoms with Gasteiger partial charge in [-0.05, 0) is 43.3 Å². The van der Waals surface area contributed by atoms with Crippen LogP contribution in [-0.2, 0) is 20.0 Å². The van der Waals surface area contributed by atoms with Crippen molar-refractivity contribution in [3.05, 3.63) is 41.4 Å². The van der Waals surface area contributed by atoms with Gasteiger partial charge in [0.05, 0.1) is 34.3 Å². The SMILES string of the molecule is CCC1CC(Nc2cccc3c(CC(F)(F)F)c(-c4noc(CNC(=O)c5cn(C)nc5OC(F)F)n4)sc23)C(F)C(CC)N1C. The first-order valence-corrected chi connectivity index (χ1v) is 15.4. The van der Waals surface area contributed by atoms with Gasteiger partial charge in [0.1, 0.15) is 11.7 Å². The number of carbonyl (C=O) groups is 1. The van der Waals surface area contributed by atoms with Crippen LogP contribution >= 0.6 is 11.3 Å². The van der Waals surface area contributed by atoms with Gasteiger partial charge in [-0.15, -0.1) is 16.4 Å². The Morgan fingerprint density at radius 2 is 1.98 bits per heavy atom. The van der Waals surface area contributed by atoms with Gasteiger partial charge in [-0.1, -0.05) is 31.1 Å². The Morgan fingerprint density at radius 1 is 1.22 bits per heavy atom. The number of hydrogen-bond donors (Lipinski definition) is 2. The van der Waals surface area contributed by atoms with E-state index in [9.17, 15) is 26.7 Å². The number of piperidine rings is 1. The molecule has 0 aliphatic carbocycles. The van der Waals surface area contributed by atoms with Crippen molar-refractivity contribution in [3.63, 3.8) is 0 Å². The molecule has 1 aliphatic heterocycles. The highest BCUT2D eigenvalue weighted by Crippen LogP contribution is 2.44. The van der Waals surface area contributed by atoms with Gasteiger partial charge >= 0.3 is 12.8 Å². The summed E-state index contributed by atoms with van der Waals surface area (Å²) in [5.74, 6) is -1.67. The van der Waals surface area contributed by atoms with E-state index in [1.54, 1.807) is 18.2 Å². The van der Waals surface area contributed by atoms with Crippen LogP contribution in [0.5, 0.6) is 5.88 Å². The smallest absolute Gasteiger partial charge is 0.393 e. The molecule has 46 heavy (non-hydrogen) atoms. The van der Waals surface area contributed by atoms with Crippen LogP contribution in [0.3, 0.4) is 0 Å². The van der Waals surface area contributed by atoms with Crippen LogP contribution in [-0.4, -0.2) is 74.9 Å². The van der Waals surface area contributed by atoms with Gasteiger partial charge in [-0.3, -0.25) is 14.4 Å². The fourth-order valence-electron chi connectivity index (χ4n) is 5.97. The lowest BCUT2D eigenvalue weighted by Crippen LogP contribution is -2.57. The summed E-state index contributed by atoms with van der Waals surface area (Å²) in [6.45, 7) is 0.419. The normalized spacial score (nSPS) is 20.8. The Morgan fingerprint density at radius 3 is 2.65 bits per heavy atom. The molecule has 2 N–H and O–H groups in total. The van der Waals surface area contributed by atoms with Crippen molar-refractivity contribution >= 4 is 33.0 Å². The van der Waals surface area contributed by atoms with Gasteiger partial charge < -0.3 is 19.9 Å². The zero-order chi connectivity index (χ0) is 33.3. The Bertz CT molecular complexity index is 1670. The van der Waals surface area contributed by atoms with E-state index in [4.69, 9.17) is 4.52 Å². The minimum Gasteiger partial charge on any atom is -0.414 e. The van der Waals surface area contributed by atoms with Crippen molar-refractivity contribution in [2.24, 2.45) is 7.05 Å². The molecule has 5 rings (SSSR count). The standard InChI is InChI=1S/C29H33F6N7O3S/c1-5-14-10-19(22(30)20(6-2)42(14)4)37-18-9-7-8-15-16(11-29(33,34)35)24(46-23(15)18)25-38-21(45-40-25)12-36-26(43)17-13-41(3)39-27(17)44-28(31)32/h7-9,13-14,19-20,22,28,37H,5-6,10-12H2,1-4H3,(H,36,43). The molecule has 4 heterocycles. The second kappa shape index (κ2) is 13.5. The number of nitrogens with one attached hydrogen (secondary N) is 2. The summed E-state index contributed by atoms with van der Waals surface area (Å²) in [6, 6.07) is 4.22. The number of aryl methyl sites for hydroxylation is 1. The quantitative estimate of drug-likeness (QED) is 0.178. The number of thiophene rings is 1.